The third-order valence-corrected chi connectivity index (χ3v) is 6.17. The van der Waals surface area contributed by atoms with Crippen molar-refractivity contribution in [2.45, 2.75) is 51.1 Å². The standard InChI is InChI=1S/C24H28N2O/c1-22(2,3)18-12-10-17(11-13-18)14-15-24-23(4,5)19-8-6-7-9-20(19)26(24)16-21(27)25-24/h6-15H,16H2,1-5H3,(H,25,27). The summed E-state index contributed by atoms with van der Waals surface area (Å²) in [5.41, 5.74) is 4.28. The number of benzene rings is 2. The van der Waals surface area contributed by atoms with Crippen molar-refractivity contribution in [3.05, 3.63) is 71.3 Å². The second-order valence-corrected chi connectivity index (χ2v) is 9.25. The molecule has 2 heterocycles. The number of carbonyl (C=O) groups excluding carboxylic acids is 1. The van der Waals surface area contributed by atoms with Crippen LogP contribution in [0.3, 0.4) is 0 Å². The number of nitrogens with one attached hydrogen (secondary N) is 1. The summed E-state index contributed by atoms with van der Waals surface area (Å²) in [5.74, 6) is 0.0744. The minimum absolute atomic E-state index is 0.0744. The van der Waals surface area contributed by atoms with Gasteiger partial charge in [-0.25, -0.2) is 0 Å². The quantitative estimate of drug-likeness (QED) is 0.847. The van der Waals surface area contributed by atoms with E-state index in [0.717, 1.165) is 11.3 Å². The van der Waals surface area contributed by atoms with Crippen molar-refractivity contribution in [3.8, 4) is 0 Å². The van der Waals surface area contributed by atoms with E-state index in [-0.39, 0.29) is 16.7 Å². The van der Waals surface area contributed by atoms with Crippen molar-refractivity contribution in [1.29, 1.82) is 0 Å². The minimum atomic E-state index is -0.531. The van der Waals surface area contributed by atoms with E-state index in [0.29, 0.717) is 6.54 Å². The van der Waals surface area contributed by atoms with Crippen LogP contribution < -0.4 is 10.2 Å². The molecule has 0 spiro atoms. The maximum absolute atomic E-state index is 12.3. The molecule has 3 nitrogen and oxygen atoms in total. The summed E-state index contributed by atoms with van der Waals surface area (Å²) in [6, 6.07) is 17.1. The van der Waals surface area contributed by atoms with Gasteiger partial charge in [-0.15, -0.1) is 0 Å². The van der Waals surface area contributed by atoms with E-state index in [1.165, 1.54) is 11.1 Å². The summed E-state index contributed by atoms with van der Waals surface area (Å²) >= 11 is 0. The van der Waals surface area contributed by atoms with E-state index in [1.807, 2.05) is 6.07 Å². The second-order valence-electron chi connectivity index (χ2n) is 9.25. The fourth-order valence-electron chi connectivity index (χ4n) is 4.45. The summed E-state index contributed by atoms with van der Waals surface area (Å²) in [7, 11) is 0. The first-order chi connectivity index (χ1) is 12.6. The molecule has 0 bridgehead atoms. The van der Waals surface area contributed by atoms with E-state index in [4.69, 9.17) is 0 Å². The van der Waals surface area contributed by atoms with Crippen LogP contribution in [0.4, 0.5) is 5.69 Å². The Balaban J connectivity index is 1.73. The average molecular weight is 361 g/mol. The van der Waals surface area contributed by atoms with Crippen molar-refractivity contribution >= 4 is 17.7 Å². The third-order valence-electron chi connectivity index (χ3n) is 6.17. The highest BCUT2D eigenvalue weighted by molar-refractivity contribution is 5.91. The number of rotatable bonds is 2. The molecular weight excluding hydrogens is 332 g/mol. The Morgan fingerprint density at radius 1 is 1.04 bits per heavy atom. The van der Waals surface area contributed by atoms with E-state index in [9.17, 15) is 4.79 Å². The molecule has 0 radical (unpaired) electrons. The lowest BCUT2D eigenvalue weighted by atomic mass is 9.75. The van der Waals surface area contributed by atoms with Gasteiger partial charge in [-0.05, 0) is 34.2 Å². The molecule has 0 aromatic heterocycles. The fraction of sp³-hybridized carbons (Fsp3) is 0.375. The van der Waals surface area contributed by atoms with Crippen LogP contribution in [-0.4, -0.2) is 18.1 Å². The second kappa shape index (κ2) is 5.72. The SMILES string of the molecule is CC(C)(C)c1ccc(C=CC23NC(=O)CN2c2ccccc2C3(C)C)cc1. The number of hydrogen-bond donors (Lipinski definition) is 1. The van der Waals surface area contributed by atoms with E-state index in [1.54, 1.807) is 0 Å². The molecule has 1 unspecified atom stereocenters. The molecule has 1 N–H and O–H groups in total. The Hall–Kier alpha value is -2.55. The lowest BCUT2D eigenvalue weighted by molar-refractivity contribution is -0.118. The van der Waals surface area contributed by atoms with Crippen molar-refractivity contribution in [2.24, 2.45) is 0 Å². The normalized spacial score (nSPS) is 23.4. The van der Waals surface area contributed by atoms with Crippen molar-refractivity contribution in [1.82, 2.24) is 5.32 Å². The van der Waals surface area contributed by atoms with Gasteiger partial charge in [0.2, 0.25) is 5.91 Å². The van der Waals surface area contributed by atoms with E-state index in [2.05, 4.69) is 99.5 Å². The predicted molar refractivity (Wildman–Crippen MR) is 112 cm³/mol. The van der Waals surface area contributed by atoms with Gasteiger partial charge in [-0.1, -0.05) is 83.2 Å². The molecule has 2 aliphatic rings. The van der Waals surface area contributed by atoms with Gasteiger partial charge in [0, 0.05) is 11.1 Å². The van der Waals surface area contributed by atoms with Gasteiger partial charge < -0.3 is 10.2 Å². The maximum atomic E-state index is 12.3. The maximum Gasteiger partial charge on any atom is 0.241 e. The van der Waals surface area contributed by atoms with Crippen molar-refractivity contribution in [3.63, 3.8) is 0 Å². The van der Waals surface area contributed by atoms with Gasteiger partial charge in [0.1, 0.15) is 5.66 Å². The monoisotopic (exact) mass is 360 g/mol. The van der Waals surface area contributed by atoms with Gasteiger partial charge in [-0.2, -0.15) is 0 Å². The third kappa shape index (κ3) is 2.60. The fourth-order valence-corrected chi connectivity index (χ4v) is 4.45. The lowest BCUT2D eigenvalue weighted by Gasteiger charge is -2.40. The van der Waals surface area contributed by atoms with Crippen LogP contribution in [0.25, 0.3) is 6.08 Å². The van der Waals surface area contributed by atoms with Gasteiger partial charge in [-0.3, -0.25) is 4.79 Å². The van der Waals surface area contributed by atoms with Crippen LogP contribution in [0.2, 0.25) is 0 Å². The highest BCUT2D eigenvalue weighted by Crippen LogP contribution is 2.52. The minimum Gasteiger partial charge on any atom is -0.335 e. The number of para-hydroxylation sites is 1. The highest BCUT2D eigenvalue weighted by atomic mass is 16.2. The molecule has 27 heavy (non-hydrogen) atoms. The Labute approximate surface area is 162 Å². The molecular formula is C24H28N2O. The molecule has 0 saturated carbocycles. The summed E-state index contributed by atoms with van der Waals surface area (Å²) in [5, 5.41) is 3.27. The Morgan fingerprint density at radius 3 is 2.37 bits per heavy atom. The summed E-state index contributed by atoms with van der Waals surface area (Å²) in [6.45, 7) is 11.5. The van der Waals surface area contributed by atoms with E-state index < -0.39 is 5.66 Å². The zero-order valence-corrected chi connectivity index (χ0v) is 16.8. The summed E-state index contributed by atoms with van der Waals surface area (Å²) < 4.78 is 0. The van der Waals surface area contributed by atoms with Gasteiger partial charge in [0.25, 0.3) is 0 Å². The largest absolute Gasteiger partial charge is 0.335 e. The van der Waals surface area contributed by atoms with Crippen LogP contribution in [0.5, 0.6) is 0 Å². The smallest absolute Gasteiger partial charge is 0.241 e. The highest BCUT2D eigenvalue weighted by Gasteiger charge is 2.59. The number of nitrogens with zero attached hydrogens (tertiary/aromatic N) is 1. The first-order valence-corrected chi connectivity index (χ1v) is 9.63. The molecule has 4 rings (SSSR count). The number of fused-ring (bicyclic) bond motifs is 3. The molecule has 1 amide bonds. The van der Waals surface area contributed by atoms with Crippen LogP contribution in [0, 0.1) is 0 Å². The predicted octanol–water partition coefficient (Wildman–Crippen LogP) is 4.62. The van der Waals surface area contributed by atoms with Gasteiger partial charge >= 0.3 is 0 Å². The zero-order chi connectivity index (χ0) is 19.4. The molecule has 2 aromatic rings. The first-order valence-electron chi connectivity index (χ1n) is 9.63. The van der Waals surface area contributed by atoms with E-state index >= 15 is 0 Å². The van der Waals surface area contributed by atoms with Crippen molar-refractivity contribution < 1.29 is 4.79 Å². The molecule has 2 aliphatic heterocycles. The molecule has 0 aliphatic carbocycles. The molecule has 1 fully saturated rings. The van der Waals surface area contributed by atoms with Crippen LogP contribution in [0.1, 0.15) is 51.3 Å². The lowest BCUT2D eigenvalue weighted by Crippen LogP contribution is -2.58. The van der Waals surface area contributed by atoms with Gasteiger partial charge in [0.05, 0.1) is 6.54 Å². The van der Waals surface area contributed by atoms with Crippen LogP contribution in [-0.2, 0) is 15.6 Å². The molecule has 1 saturated heterocycles. The number of carbonyl (C=O) groups is 1. The Kier molecular flexibility index (Phi) is 3.78. The number of hydrogen-bond acceptors (Lipinski definition) is 2. The van der Waals surface area contributed by atoms with Crippen LogP contribution in [0.15, 0.2) is 54.6 Å². The molecule has 140 valence electrons. The summed E-state index contributed by atoms with van der Waals surface area (Å²) in [6.07, 6.45) is 4.31. The molecule has 1 atom stereocenters. The van der Waals surface area contributed by atoms with Gasteiger partial charge in [0.15, 0.2) is 0 Å². The van der Waals surface area contributed by atoms with Crippen molar-refractivity contribution in [2.75, 3.05) is 11.4 Å². The average Bonchev–Trinajstić information content (AvgIpc) is 3.04. The number of anilines is 1. The topological polar surface area (TPSA) is 32.3 Å². The van der Waals surface area contributed by atoms with Crippen LogP contribution >= 0.6 is 0 Å². The Morgan fingerprint density at radius 2 is 1.70 bits per heavy atom. The first kappa shape index (κ1) is 17.8. The molecule has 3 heteroatoms. The molecule has 2 aromatic carbocycles. The Bertz CT molecular complexity index is 918. The number of amides is 1. The summed E-state index contributed by atoms with van der Waals surface area (Å²) in [4.78, 5) is 14.6. The zero-order valence-electron chi connectivity index (χ0n) is 16.8.